The largest absolute Gasteiger partial charge is 0.309 e. The van der Waals surface area contributed by atoms with Crippen LogP contribution in [0, 0.1) is 0 Å². The van der Waals surface area contributed by atoms with E-state index in [2.05, 4.69) is 286 Å². The maximum absolute atomic E-state index is 2.46. The molecule has 2 aromatic heterocycles. The van der Waals surface area contributed by atoms with Gasteiger partial charge in [0.15, 0.2) is 0 Å². The molecule has 0 bridgehead atoms. The molecule has 0 saturated carbocycles. The first-order valence-electron chi connectivity index (χ1n) is 25.9. The van der Waals surface area contributed by atoms with Crippen molar-refractivity contribution in [2.45, 2.75) is 105 Å². The molecule has 11 rings (SSSR count). The first-order valence-corrected chi connectivity index (χ1v) is 25.9. The van der Waals surface area contributed by atoms with Crippen LogP contribution < -0.4 is 0 Å². The molecular weight excluding hydrogens is 869 g/mol. The summed E-state index contributed by atoms with van der Waals surface area (Å²) in [6.07, 6.45) is 0. The molecule has 2 heterocycles. The molecule has 0 fully saturated rings. The Labute approximate surface area is 427 Å². The number of hydrogen-bond donors (Lipinski definition) is 0. The van der Waals surface area contributed by atoms with Crippen LogP contribution in [-0.4, -0.2) is 9.13 Å². The summed E-state index contributed by atoms with van der Waals surface area (Å²) >= 11 is 0. The van der Waals surface area contributed by atoms with Crippen molar-refractivity contribution in [3.8, 4) is 55.9 Å². The first-order chi connectivity index (χ1) is 34.2. The summed E-state index contributed by atoms with van der Waals surface area (Å²) in [6.45, 7) is 27.5. The molecule has 0 amide bonds. The predicted molar refractivity (Wildman–Crippen MR) is 312 cm³/mol. The van der Waals surface area contributed by atoms with Gasteiger partial charge in [-0.05, 0) is 161 Å². The highest BCUT2D eigenvalue weighted by molar-refractivity contribution is 6.11. The van der Waals surface area contributed by atoms with Gasteiger partial charge in [-0.2, -0.15) is 0 Å². The Bertz CT molecular complexity index is 3570. The topological polar surface area (TPSA) is 9.86 Å². The average Bonchev–Trinajstić information content (AvgIpc) is 3.87. The molecule has 2 heteroatoms. The van der Waals surface area contributed by atoms with Gasteiger partial charge in [-0.1, -0.05) is 204 Å². The van der Waals surface area contributed by atoms with Crippen LogP contribution in [0.1, 0.15) is 105 Å². The highest BCUT2D eigenvalue weighted by Crippen LogP contribution is 2.45. The SMILES string of the molecule is CC(C)(C)c1ccc(-c2cc(-c3ccc(-n4c5ccccc5c5cc(C(C)(C)C)ccc54)cc3)c(-c3ccc(C(C)(C)C)cc3)cc2-c2ccc(-n3c4ccccc4c4cc(C(C)(C)C)ccc43)cc2)cc1. The van der Waals surface area contributed by atoms with Gasteiger partial charge in [0.05, 0.1) is 22.1 Å². The number of rotatable bonds is 6. The second-order valence-electron chi connectivity index (χ2n) is 24.4. The van der Waals surface area contributed by atoms with Crippen LogP contribution in [0.4, 0.5) is 0 Å². The Balaban J connectivity index is 1.10. The standard InChI is InChI=1S/C70H68N2/c1-67(2,3)49-29-21-45(22-30-49)57-43-60(48-27-37-54(38-28-48)72-64-20-16-14-18-56(64)62-42-52(70(10,11)12)34-40-66(62)72)58(46-23-31-50(32-24-46)68(4,5)6)44-59(57)47-25-35-53(36-26-47)71-63-19-15-13-17-55(63)61-41-51(69(7,8)9)33-39-65(61)71/h13-44H,1-12H3. The van der Waals surface area contributed by atoms with Crippen molar-refractivity contribution in [1.29, 1.82) is 0 Å². The fourth-order valence-electron chi connectivity index (χ4n) is 10.9. The Kier molecular flexibility index (Phi) is 11.2. The van der Waals surface area contributed by atoms with Crippen molar-refractivity contribution in [1.82, 2.24) is 9.13 Å². The van der Waals surface area contributed by atoms with Crippen molar-refractivity contribution in [2.75, 3.05) is 0 Å². The molecule has 0 atom stereocenters. The number of hydrogen-bond acceptors (Lipinski definition) is 0. The molecule has 0 spiro atoms. The minimum atomic E-state index is 0.0412. The zero-order chi connectivity index (χ0) is 50.5. The summed E-state index contributed by atoms with van der Waals surface area (Å²) in [7, 11) is 0. The Morgan fingerprint density at radius 1 is 0.236 bits per heavy atom. The molecule has 358 valence electrons. The normalized spacial score (nSPS) is 12.7. The Morgan fingerprint density at radius 2 is 0.500 bits per heavy atom. The summed E-state index contributed by atoms with van der Waals surface area (Å²) < 4.78 is 4.87. The Morgan fingerprint density at radius 3 is 0.806 bits per heavy atom. The summed E-state index contributed by atoms with van der Waals surface area (Å²) in [6, 6.07) is 73.8. The molecule has 11 aromatic rings. The van der Waals surface area contributed by atoms with E-state index < -0.39 is 0 Å². The second-order valence-corrected chi connectivity index (χ2v) is 24.4. The van der Waals surface area contributed by atoms with Crippen LogP contribution in [0.2, 0.25) is 0 Å². The van der Waals surface area contributed by atoms with Gasteiger partial charge in [0, 0.05) is 32.9 Å². The van der Waals surface area contributed by atoms with E-state index >= 15 is 0 Å². The zero-order valence-corrected chi connectivity index (χ0v) is 44.4. The van der Waals surface area contributed by atoms with E-state index in [1.807, 2.05) is 0 Å². The molecular formula is C70H68N2. The summed E-state index contributed by atoms with van der Waals surface area (Å²) in [4.78, 5) is 0. The van der Waals surface area contributed by atoms with Gasteiger partial charge >= 0.3 is 0 Å². The van der Waals surface area contributed by atoms with Gasteiger partial charge in [-0.25, -0.2) is 0 Å². The van der Waals surface area contributed by atoms with E-state index in [1.165, 1.54) is 110 Å². The van der Waals surface area contributed by atoms with Crippen molar-refractivity contribution in [3.05, 3.63) is 216 Å². The van der Waals surface area contributed by atoms with E-state index in [-0.39, 0.29) is 21.7 Å². The van der Waals surface area contributed by atoms with Crippen LogP contribution in [0.25, 0.3) is 99.5 Å². The maximum Gasteiger partial charge on any atom is 0.0541 e. The Hall–Kier alpha value is -7.42. The van der Waals surface area contributed by atoms with E-state index in [0.29, 0.717) is 0 Å². The predicted octanol–water partition coefficient (Wildman–Crippen LogP) is 19.7. The van der Waals surface area contributed by atoms with Crippen LogP contribution in [0.3, 0.4) is 0 Å². The first kappa shape index (κ1) is 46.9. The van der Waals surface area contributed by atoms with Crippen molar-refractivity contribution in [2.24, 2.45) is 0 Å². The van der Waals surface area contributed by atoms with Crippen LogP contribution in [0.15, 0.2) is 194 Å². The van der Waals surface area contributed by atoms with Gasteiger partial charge in [-0.3, -0.25) is 0 Å². The molecule has 9 aromatic carbocycles. The van der Waals surface area contributed by atoms with Crippen molar-refractivity contribution >= 4 is 43.6 Å². The maximum atomic E-state index is 2.46. The van der Waals surface area contributed by atoms with E-state index in [0.717, 1.165) is 11.4 Å². The smallest absolute Gasteiger partial charge is 0.0541 e. The molecule has 72 heavy (non-hydrogen) atoms. The fraction of sp³-hybridized carbons (Fsp3) is 0.229. The third kappa shape index (κ3) is 8.35. The van der Waals surface area contributed by atoms with Crippen LogP contribution >= 0.6 is 0 Å². The molecule has 0 aliphatic rings. The zero-order valence-electron chi connectivity index (χ0n) is 44.4. The average molecular weight is 937 g/mol. The lowest BCUT2D eigenvalue weighted by Gasteiger charge is -2.22. The molecule has 0 N–H and O–H groups in total. The van der Waals surface area contributed by atoms with Crippen LogP contribution in [0.5, 0.6) is 0 Å². The highest BCUT2D eigenvalue weighted by atomic mass is 15.0. The van der Waals surface area contributed by atoms with Crippen LogP contribution in [-0.2, 0) is 21.7 Å². The second kappa shape index (κ2) is 17.1. The quantitative estimate of drug-likeness (QED) is 0.157. The van der Waals surface area contributed by atoms with E-state index in [1.54, 1.807) is 0 Å². The van der Waals surface area contributed by atoms with E-state index in [9.17, 15) is 0 Å². The van der Waals surface area contributed by atoms with Gasteiger partial charge < -0.3 is 9.13 Å². The molecule has 0 saturated heterocycles. The molecule has 0 unspecified atom stereocenters. The number of nitrogens with zero attached hydrogens (tertiary/aromatic N) is 2. The van der Waals surface area contributed by atoms with E-state index in [4.69, 9.17) is 0 Å². The lowest BCUT2D eigenvalue weighted by atomic mass is 9.82. The third-order valence-electron chi connectivity index (χ3n) is 15.2. The molecule has 0 aliphatic carbocycles. The molecule has 0 radical (unpaired) electrons. The number of aromatic nitrogens is 2. The van der Waals surface area contributed by atoms with Gasteiger partial charge in [-0.15, -0.1) is 0 Å². The monoisotopic (exact) mass is 937 g/mol. The minimum Gasteiger partial charge on any atom is -0.309 e. The lowest BCUT2D eigenvalue weighted by molar-refractivity contribution is 0.590. The number of benzene rings is 9. The van der Waals surface area contributed by atoms with Crippen molar-refractivity contribution < 1.29 is 0 Å². The van der Waals surface area contributed by atoms with Gasteiger partial charge in [0.25, 0.3) is 0 Å². The summed E-state index contributed by atoms with van der Waals surface area (Å²) in [5.74, 6) is 0. The van der Waals surface area contributed by atoms with Crippen molar-refractivity contribution in [3.63, 3.8) is 0 Å². The molecule has 2 nitrogen and oxygen atoms in total. The third-order valence-corrected chi connectivity index (χ3v) is 15.2. The summed E-state index contributed by atoms with van der Waals surface area (Å²) in [5, 5.41) is 5.13. The summed E-state index contributed by atoms with van der Waals surface area (Å²) in [5.41, 5.74) is 22.3. The number of fused-ring (bicyclic) bond motifs is 6. The number of para-hydroxylation sites is 2. The minimum absolute atomic E-state index is 0.0412. The highest BCUT2D eigenvalue weighted by Gasteiger charge is 2.23. The fourth-order valence-corrected chi connectivity index (χ4v) is 10.9. The van der Waals surface area contributed by atoms with Gasteiger partial charge in [0.1, 0.15) is 0 Å². The lowest BCUT2D eigenvalue weighted by Crippen LogP contribution is -2.10. The van der Waals surface area contributed by atoms with Gasteiger partial charge in [0.2, 0.25) is 0 Å². The molecule has 0 aliphatic heterocycles.